The van der Waals surface area contributed by atoms with Crippen LogP contribution in [-0.4, -0.2) is 11.2 Å². The highest BCUT2D eigenvalue weighted by Gasteiger charge is 2.36. The van der Waals surface area contributed by atoms with E-state index in [0.29, 0.717) is 23.2 Å². The van der Waals surface area contributed by atoms with Gasteiger partial charge >= 0.3 is 0 Å². The van der Waals surface area contributed by atoms with Crippen LogP contribution in [0.4, 0.5) is 0 Å². The summed E-state index contributed by atoms with van der Waals surface area (Å²) in [6.45, 7) is 11.3. The third-order valence-electron chi connectivity index (χ3n) is 3.91. The lowest BCUT2D eigenvalue weighted by atomic mass is 9.65. The highest BCUT2D eigenvalue weighted by atomic mass is 16.3. The maximum atomic E-state index is 9.88. The molecule has 0 saturated heterocycles. The Balaban J connectivity index is 2.64. The molecule has 0 aliphatic heterocycles. The first-order valence-electron chi connectivity index (χ1n) is 5.50. The summed E-state index contributed by atoms with van der Waals surface area (Å²) in [6.07, 6.45) is 2.20. The van der Waals surface area contributed by atoms with Gasteiger partial charge in [0.15, 0.2) is 0 Å². The molecule has 4 atom stereocenters. The average Bonchev–Trinajstić information content (AvgIpc) is 1.97. The van der Waals surface area contributed by atoms with Gasteiger partial charge in [-0.25, -0.2) is 0 Å². The third-order valence-corrected chi connectivity index (χ3v) is 3.91. The van der Waals surface area contributed by atoms with Crippen LogP contribution in [0.3, 0.4) is 0 Å². The SMILES string of the molecule is CC1CC(C(C)(C)C)CC(O)C1C. The molecule has 0 aromatic heterocycles. The van der Waals surface area contributed by atoms with Crippen molar-refractivity contribution in [1.82, 2.24) is 0 Å². The van der Waals surface area contributed by atoms with Crippen LogP contribution in [0.1, 0.15) is 47.5 Å². The van der Waals surface area contributed by atoms with Gasteiger partial charge in [0.1, 0.15) is 0 Å². The maximum Gasteiger partial charge on any atom is 0.0571 e. The van der Waals surface area contributed by atoms with E-state index in [0.717, 1.165) is 6.42 Å². The zero-order valence-corrected chi connectivity index (χ0v) is 9.67. The van der Waals surface area contributed by atoms with E-state index < -0.39 is 0 Å². The molecule has 0 aromatic carbocycles. The Morgan fingerprint density at radius 1 is 1.08 bits per heavy atom. The Morgan fingerprint density at radius 3 is 2.00 bits per heavy atom. The Morgan fingerprint density at radius 2 is 1.62 bits per heavy atom. The summed E-state index contributed by atoms with van der Waals surface area (Å²) in [4.78, 5) is 0. The lowest BCUT2D eigenvalue weighted by molar-refractivity contribution is -0.00929. The monoisotopic (exact) mass is 184 g/mol. The fourth-order valence-corrected chi connectivity index (χ4v) is 2.35. The van der Waals surface area contributed by atoms with Gasteiger partial charge in [0, 0.05) is 0 Å². The quantitative estimate of drug-likeness (QED) is 0.613. The van der Waals surface area contributed by atoms with E-state index in [1.165, 1.54) is 6.42 Å². The van der Waals surface area contributed by atoms with E-state index in [4.69, 9.17) is 0 Å². The van der Waals surface area contributed by atoms with Gasteiger partial charge < -0.3 is 5.11 Å². The van der Waals surface area contributed by atoms with Crippen molar-refractivity contribution in [2.45, 2.75) is 53.6 Å². The van der Waals surface area contributed by atoms with Gasteiger partial charge in [-0.15, -0.1) is 0 Å². The Hall–Kier alpha value is -0.0400. The maximum absolute atomic E-state index is 9.88. The molecule has 1 fully saturated rings. The first-order valence-corrected chi connectivity index (χ1v) is 5.50. The van der Waals surface area contributed by atoms with Gasteiger partial charge in [0.25, 0.3) is 0 Å². The summed E-state index contributed by atoms with van der Waals surface area (Å²) in [6, 6.07) is 0. The molecule has 4 unspecified atom stereocenters. The molecule has 0 radical (unpaired) electrons. The van der Waals surface area contributed by atoms with Crippen LogP contribution in [0.15, 0.2) is 0 Å². The van der Waals surface area contributed by atoms with Gasteiger partial charge in [0.05, 0.1) is 6.10 Å². The van der Waals surface area contributed by atoms with Crippen LogP contribution in [0.5, 0.6) is 0 Å². The van der Waals surface area contributed by atoms with Crippen molar-refractivity contribution in [3.8, 4) is 0 Å². The molecule has 0 heterocycles. The molecule has 1 aliphatic carbocycles. The van der Waals surface area contributed by atoms with Gasteiger partial charge in [0.2, 0.25) is 0 Å². The topological polar surface area (TPSA) is 20.2 Å². The van der Waals surface area contributed by atoms with Gasteiger partial charge in [-0.05, 0) is 36.0 Å². The molecule has 1 nitrogen and oxygen atoms in total. The minimum atomic E-state index is -0.0759. The molecule has 1 N–H and O–H groups in total. The molecule has 0 bridgehead atoms. The molecule has 1 rings (SSSR count). The Kier molecular flexibility index (Phi) is 3.06. The Bertz CT molecular complexity index is 156. The molecular weight excluding hydrogens is 160 g/mol. The Labute approximate surface area is 82.5 Å². The predicted molar refractivity (Wildman–Crippen MR) is 56.5 cm³/mol. The smallest absolute Gasteiger partial charge is 0.0571 e. The van der Waals surface area contributed by atoms with E-state index in [2.05, 4.69) is 34.6 Å². The fourth-order valence-electron chi connectivity index (χ4n) is 2.35. The number of hydrogen-bond acceptors (Lipinski definition) is 1. The molecule has 0 aromatic rings. The van der Waals surface area contributed by atoms with Crippen molar-refractivity contribution in [3.63, 3.8) is 0 Å². The van der Waals surface area contributed by atoms with E-state index in [-0.39, 0.29) is 6.10 Å². The third kappa shape index (κ3) is 2.46. The van der Waals surface area contributed by atoms with Crippen LogP contribution < -0.4 is 0 Å². The van der Waals surface area contributed by atoms with Crippen molar-refractivity contribution in [1.29, 1.82) is 0 Å². The molecule has 13 heavy (non-hydrogen) atoms. The minimum Gasteiger partial charge on any atom is -0.393 e. The van der Waals surface area contributed by atoms with Crippen LogP contribution in [0.2, 0.25) is 0 Å². The average molecular weight is 184 g/mol. The number of aliphatic hydroxyl groups excluding tert-OH is 1. The lowest BCUT2D eigenvalue weighted by Crippen LogP contribution is -2.38. The van der Waals surface area contributed by atoms with Gasteiger partial charge in [-0.3, -0.25) is 0 Å². The molecule has 78 valence electrons. The summed E-state index contributed by atoms with van der Waals surface area (Å²) in [5, 5.41) is 9.88. The van der Waals surface area contributed by atoms with Crippen molar-refractivity contribution in [3.05, 3.63) is 0 Å². The first kappa shape index (κ1) is 11.0. The summed E-state index contributed by atoms with van der Waals surface area (Å²) < 4.78 is 0. The van der Waals surface area contributed by atoms with Gasteiger partial charge in [-0.2, -0.15) is 0 Å². The van der Waals surface area contributed by atoms with E-state index >= 15 is 0 Å². The van der Waals surface area contributed by atoms with Crippen molar-refractivity contribution in [2.75, 3.05) is 0 Å². The van der Waals surface area contributed by atoms with Crippen LogP contribution in [0, 0.1) is 23.2 Å². The lowest BCUT2D eigenvalue weighted by Gasteiger charge is -2.42. The second kappa shape index (κ2) is 3.61. The first-order chi connectivity index (χ1) is 5.82. The van der Waals surface area contributed by atoms with Crippen LogP contribution in [-0.2, 0) is 0 Å². The zero-order valence-electron chi connectivity index (χ0n) is 9.67. The highest BCUT2D eigenvalue weighted by Crippen LogP contribution is 2.42. The van der Waals surface area contributed by atoms with Crippen molar-refractivity contribution < 1.29 is 5.11 Å². The van der Waals surface area contributed by atoms with E-state index in [1.807, 2.05) is 0 Å². The molecule has 1 heteroatoms. The molecular formula is C12H24O. The normalized spacial score (nSPS) is 42.0. The van der Waals surface area contributed by atoms with Crippen molar-refractivity contribution >= 4 is 0 Å². The largest absolute Gasteiger partial charge is 0.393 e. The second-order valence-electron chi connectivity index (χ2n) is 5.94. The fraction of sp³-hybridized carbons (Fsp3) is 1.00. The molecule has 0 amide bonds. The summed E-state index contributed by atoms with van der Waals surface area (Å²) in [5.74, 6) is 1.85. The summed E-state index contributed by atoms with van der Waals surface area (Å²) >= 11 is 0. The number of rotatable bonds is 0. The molecule has 1 aliphatic rings. The standard InChI is InChI=1S/C12H24O/c1-8-6-10(12(3,4)5)7-11(13)9(8)2/h8-11,13H,6-7H2,1-5H3. The van der Waals surface area contributed by atoms with Crippen LogP contribution >= 0.6 is 0 Å². The minimum absolute atomic E-state index is 0.0759. The van der Waals surface area contributed by atoms with Crippen molar-refractivity contribution in [2.24, 2.45) is 23.2 Å². The van der Waals surface area contributed by atoms with E-state index in [1.54, 1.807) is 0 Å². The zero-order chi connectivity index (χ0) is 10.2. The van der Waals surface area contributed by atoms with Gasteiger partial charge in [-0.1, -0.05) is 34.6 Å². The van der Waals surface area contributed by atoms with E-state index in [9.17, 15) is 5.11 Å². The van der Waals surface area contributed by atoms with Crippen LogP contribution in [0.25, 0.3) is 0 Å². The number of aliphatic hydroxyl groups is 1. The molecule has 0 spiro atoms. The second-order valence-corrected chi connectivity index (χ2v) is 5.94. The highest BCUT2D eigenvalue weighted by molar-refractivity contribution is 4.86. The molecule has 1 saturated carbocycles. The number of hydrogen-bond donors (Lipinski definition) is 1. The summed E-state index contributed by atoms with van der Waals surface area (Å²) in [5.41, 5.74) is 0.357. The summed E-state index contributed by atoms with van der Waals surface area (Å²) in [7, 11) is 0. The predicted octanol–water partition coefficient (Wildman–Crippen LogP) is 3.08.